The summed E-state index contributed by atoms with van der Waals surface area (Å²) in [6.07, 6.45) is 1.23. The van der Waals surface area contributed by atoms with Gasteiger partial charge in [-0.1, -0.05) is 17.8 Å². The zero-order chi connectivity index (χ0) is 20.2. The van der Waals surface area contributed by atoms with E-state index in [-0.39, 0.29) is 21.5 Å². The Morgan fingerprint density at radius 3 is 2.41 bits per heavy atom. The van der Waals surface area contributed by atoms with Crippen molar-refractivity contribution in [2.75, 3.05) is 25.2 Å². The number of sulfonamides is 2. The van der Waals surface area contributed by atoms with Crippen LogP contribution in [0.15, 0.2) is 57.4 Å². The third-order valence-corrected chi connectivity index (χ3v) is 6.94. The van der Waals surface area contributed by atoms with Crippen molar-refractivity contribution in [2.24, 2.45) is 5.14 Å². The predicted octanol–water partition coefficient (Wildman–Crippen LogP) is 0.710. The third-order valence-electron chi connectivity index (χ3n) is 3.29. The number of aromatic nitrogens is 1. The first-order chi connectivity index (χ1) is 12.5. The maximum atomic E-state index is 12.0. The summed E-state index contributed by atoms with van der Waals surface area (Å²) >= 11 is 1.11. The molecule has 3 N–H and O–H groups in total. The lowest BCUT2D eigenvalue weighted by molar-refractivity contribution is -0.113. The van der Waals surface area contributed by atoms with Gasteiger partial charge in [0.05, 0.1) is 15.7 Å². The van der Waals surface area contributed by atoms with Crippen molar-refractivity contribution in [2.45, 2.75) is 14.8 Å². The van der Waals surface area contributed by atoms with Gasteiger partial charge in [0.2, 0.25) is 26.0 Å². The van der Waals surface area contributed by atoms with Crippen LogP contribution in [0.4, 0.5) is 5.69 Å². The van der Waals surface area contributed by atoms with Crippen molar-refractivity contribution in [3.8, 4) is 0 Å². The highest BCUT2D eigenvalue weighted by Gasteiger charge is 2.17. The molecule has 0 saturated heterocycles. The fraction of sp³-hybridized carbons (Fsp3) is 0.200. The Hall–Kier alpha value is -1.99. The van der Waals surface area contributed by atoms with Crippen LogP contribution in [0, 0.1) is 0 Å². The molecule has 1 aromatic heterocycles. The van der Waals surface area contributed by atoms with Crippen molar-refractivity contribution in [1.82, 2.24) is 9.29 Å². The van der Waals surface area contributed by atoms with Crippen LogP contribution in [0.25, 0.3) is 0 Å². The molecule has 0 radical (unpaired) electrons. The van der Waals surface area contributed by atoms with Crippen LogP contribution >= 0.6 is 11.8 Å². The van der Waals surface area contributed by atoms with Crippen molar-refractivity contribution < 1.29 is 21.6 Å². The molecule has 9 nitrogen and oxygen atoms in total. The van der Waals surface area contributed by atoms with E-state index < -0.39 is 20.0 Å². The Morgan fingerprint density at radius 2 is 1.85 bits per heavy atom. The second-order valence-corrected chi connectivity index (χ2v) is 10.2. The van der Waals surface area contributed by atoms with Gasteiger partial charge in [-0.15, -0.1) is 0 Å². The number of nitrogens with two attached hydrogens (primary N) is 1. The summed E-state index contributed by atoms with van der Waals surface area (Å²) < 4.78 is 47.7. The van der Waals surface area contributed by atoms with Crippen LogP contribution in [-0.2, 0) is 24.8 Å². The Kier molecular flexibility index (Phi) is 6.59. The van der Waals surface area contributed by atoms with Gasteiger partial charge in [0.15, 0.2) is 0 Å². The quantitative estimate of drug-likeness (QED) is 0.617. The lowest BCUT2D eigenvalue weighted by Gasteiger charge is -2.11. The van der Waals surface area contributed by atoms with Crippen LogP contribution in [0.5, 0.6) is 0 Å². The largest absolute Gasteiger partial charge is 0.325 e. The van der Waals surface area contributed by atoms with E-state index in [1.165, 1.54) is 56.7 Å². The van der Waals surface area contributed by atoms with Crippen molar-refractivity contribution in [3.63, 3.8) is 0 Å². The maximum Gasteiger partial charge on any atom is 0.244 e. The minimum atomic E-state index is -3.86. The van der Waals surface area contributed by atoms with Crippen LogP contribution < -0.4 is 10.5 Å². The van der Waals surface area contributed by atoms with E-state index in [1.54, 1.807) is 0 Å². The van der Waals surface area contributed by atoms with E-state index >= 15 is 0 Å². The highest BCUT2D eigenvalue weighted by molar-refractivity contribution is 7.99. The van der Waals surface area contributed by atoms with Crippen molar-refractivity contribution >= 4 is 43.4 Å². The van der Waals surface area contributed by atoms with E-state index in [1.807, 2.05) is 0 Å². The lowest BCUT2D eigenvalue weighted by Crippen LogP contribution is -2.22. The smallest absolute Gasteiger partial charge is 0.244 e. The second kappa shape index (κ2) is 8.35. The Bertz CT molecular complexity index is 1040. The van der Waals surface area contributed by atoms with Crippen LogP contribution in [0.1, 0.15) is 0 Å². The third kappa shape index (κ3) is 5.74. The SMILES string of the molecule is CN(C)S(=O)(=O)c1ccc(SCC(=O)Nc2cccc(S(N)(=O)=O)c2)nc1. The summed E-state index contributed by atoms with van der Waals surface area (Å²) in [5.74, 6) is -0.370. The van der Waals surface area contributed by atoms with Gasteiger partial charge >= 0.3 is 0 Å². The van der Waals surface area contributed by atoms with E-state index in [4.69, 9.17) is 5.14 Å². The van der Waals surface area contributed by atoms with Gasteiger partial charge in [0.25, 0.3) is 0 Å². The zero-order valence-corrected chi connectivity index (χ0v) is 16.9. The molecule has 27 heavy (non-hydrogen) atoms. The molecule has 1 aromatic carbocycles. The Balaban J connectivity index is 1.98. The Morgan fingerprint density at radius 1 is 1.15 bits per heavy atom. The van der Waals surface area contributed by atoms with E-state index in [9.17, 15) is 21.6 Å². The van der Waals surface area contributed by atoms with Gasteiger partial charge < -0.3 is 5.32 Å². The number of thioether (sulfide) groups is 1. The molecule has 0 saturated carbocycles. The van der Waals surface area contributed by atoms with Gasteiger partial charge in [-0.3, -0.25) is 4.79 Å². The standard InChI is InChI=1S/C15H18N4O5S3/c1-19(2)27(23,24)13-6-7-15(17-9-13)25-10-14(20)18-11-4-3-5-12(8-11)26(16,21)22/h3-9H,10H2,1-2H3,(H,18,20)(H2,16,21,22). The molecular weight excluding hydrogens is 412 g/mol. The number of benzene rings is 1. The summed E-state index contributed by atoms with van der Waals surface area (Å²) in [4.78, 5) is 16.0. The van der Waals surface area contributed by atoms with E-state index in [0.717, 1.165) is 16.1 Å². The van der Waals surface area contributed by atoms with Crippen LogP contribution in [0.3, 0.4) is 0 Å². The van der Waals surface area contributed by atoms with Gasteiger partial charge in [-0.25, -0.2) is 31.3 Å². The number of amides is 1. The summed E-state index contributed by atoms with van der Waals surface area (Å²) in [6.45, 7) is 0. The fourth-order valence-corrected chi connectivity index (χ4v) is 3.95. The zero-order valence-electron chi connectivity index (χ0n) is 14.5. The normalized spacial score (nSPS) is 12.1. The highest BCUT2D eigenvalue weighted by atomic mass is 32.2. The monoisotopic (exact) mass is 430 g/mol. The van der Waals surface area contributed by atoms with Gasteiger partial charge in [0.1, 0.15) is 4.90 Å². The van der Waals surface area contributed by atoms with Gasteiger partial charge in [-0.2, -0.15) is 0 Å². The summed E-state index contributed by atoms with van der Waals surface area (Å²) in [5, 5.41) is 8.09. The average molecular weight is 431 g/mol. The molecule has 0 bridgehead atoms. The maximum absolute atomic E-state index is 12.0. The highest BCUT2D eigenvalue weighted by Crippen LogP contribution is 2.19. The minimum absolute atomic E-state index is 0.00633. The fourth-order valence-electron chi connectivity index (χ4n) is 1.90. The van der Waals surface area contributed by atoms with Crippen LogP contribution in [-0.4, -0.2) is 51.9 Å². The molecule has 146 valence electrons. The molecule has 0 unspecified atom stereocenters. The average Bonchev–Trinajstić information content (AvgIpc) is 2.59. The number of carbonyl (C=O) groups is 1. The molecule has 0 atom stereocenters. The topological polar surface area (TPSA) is 140 Å². The molecule has 2 aromatic rings. The van der Waals surface area contributed by atoms with E-state index in [0.29, 0.717) is 10.7 Å². The number of nitrogens with zero attached hydrogens (tertiary/aromatic N) is 2. The van der Waals surface area contributed by atoms with Crippen molar-refractivity contribution in [3.05, 3.63) is 42.6 Å². The predicted molar refractivity (Wildman–Crippen MR) is 102 cm³/mol. The first-order valence-electron chi connectivity index (χ1n) is 7.44. The molecule has 0 spiro atoms. The number of anilines is 1. The number of pyridine rings is 1. The van der Waals surface area contributed by atoms with Crippen LogP contribution in [0.2, 0.25) is 0 Å². The molecular formula is C15H18N4O5S3. The first-order valence-corrected chi connectivity index (χ1v) is 11.4. The molecule has 1 heterocycles. The number of rotatable bonds is 7. The minimum Gasteiger partial charge on any atom is -0.325 e. The molecule has 12 heteroatoms. The molecule has 0 aliphatic heterocycles. The van der Waals surface area contributed by atoms with Crippen molar-refractivity contribution in [1.29, 1.82) is 0 Å². The van der Waals surface area contributed by atoms with Gasteiger partial charge in [0, 0.05) is 26.0 Å². The number of hydrogen-bond donors (Lipinski definition) is 2. The molecule has 1 amide bonds. The summed E-state index contributed by atoms with van der Waals surface area (Å²) in [7, 11) is -4.57. The molecule has 0 aliphatic rings. The number of hydrogen-bond acceptors (Lipinski definition) is 7. The molecule has 0 fully saturated rings. The summed E-state index contributed by atoms with van der Waals surface area (Å²) in [6, 6.07) is 8.52. The lowest BCUT2D eigenvalue weighted by atomic mass is 10.3. The molecule has 0 aliphatic carbocycles. The number of carbonyl (C=O) groups excluding carboxylic acids is 1. The second-order valence-electron chi connectivity index (χ2n) is 5.53. The Labute approximate surface area is 162 Å². The summed E-state index contributed by atoms with van der Waals surface area (Å²) in [5.41, 5.74) is 0.299. The first kappa shape index (κ1) is 21.3. The van der Waals surface area contributed by atoms with E-state index in [2.05, 4.69) is 10.3 Å². The molecule has 2 rings (SSSR count). The number of nitrogens with one attached hydrogen (secondary N) is 1. The number of primary sulfonamides is 1. The van der Waals surface area contributed by atoms with Gasteiger partial charge in [-0.05, 0) is 30.3 Å².